The van der Waals surface area contributed by atoms with E-state index in [0.717, 1.165) is 27.8 Å². The van der Waals surface area contributed by atoms with Crippen molar-refractivity contribution in [1.82, 2.24) is 5.32 Å². The Morgan fingerprint density at radius 3 is 2.89 bits per heavy atom. The largest absolute Gasteiger partial charge is 0.301 e. The lowest BCUT2D eigenvalue weighted by Gasteiger charge is -2.17. The van der Waals surface area contributed by atoms with E-state index < -0.39 is 0 Å². The lowest BCUT2D eigenvalue weighted by atomic mass is 9.96. The molecule has 1 saturated heterocycles. The summed E-state index contributed by atoms with van der Waals surface area (Å²) in [6.07, 6.45) is 8.10. The third-order valence-corrected chi connectivity index (χ3v) is 5.09. The zero-order chi connectivity index (χ0) is 13.1. The minimum Gasteiger partial charge on any atom is -0.301 e. The van der Waals surface area contributed by atoms with Gasteiger partial charge in [0, 0.05) is 4.88 Å². The predicted molar refractivity (Wildman–Crippen MR) is 82.3 cm³/mol. The molecule has 19 heavy (non-hydrogen) atoms. The van der Waals surface area contributed by atoms with Gasteiger partial charge in [-0.3, -0.25) is 9.79 Å². The number of carbonyl (C=O) groups excluding carboxylic acids is 1. The second-order valence-electron chi connectivity index (χ2n) is 4.81. The molecule has 3 nitrogen and oxygen atoms in total. The first kappa shape index (κ1) is 12.9. The molecule has 3 rings (SSSR count). The summed E-state index contributed by atoms with van der Waals surface area (Å²) in [5.74, 6) is -0.0204. The molecule has 1 aromatic rings. The van der Waals surface area contributed by atoms with E-state index in [2.05, 4.69) is 10.3 Å². The molecule has 2 heterocycles. The Kier molecular flexibility index (Phi) is 4.03. The van der Waals surface area contributed by atoms with Crippen molar-refractivity contribution in [2.75, 3.05) is 0 Å². The number of thioether (sulfide) groups is 1. The first-order valence-electron chi connectivity index (χ1n) is 6.63. The van der Waals surface area contributed by atoms with Crippen LogP contribution in [0.5, 0.6) is 0 Å². The number of carbonyl (C=O) groups is 1. The standard InChI is InChI=1S/C14H16N2OS2/c17-13-12(9-11-7-4-8-18-11)19-14(16-13)15-10-5-2-1-3-6-10/h4,7-10H,1-3,5-6H2,(H,15,16,17). The van der Waals surface area contributed by atoms with Gasteiger partial charge in [-0.25, -0.2) is 0 Å². The SMILES string of the molecule is O=C1NC(=NC2CCCCC2)SC1=Cc1cccs1. The first-order chi connectivity index (χ1) is 9.31. The number of nitrogens with one attached hydrogen (secondary N) is 1. The minimum atomic E-state index is -0.0204. The molecular formula is C14H16N2OS2. The van der Waals surface area contributed by atoms with Crippen molar-refractivity contribution >= 4 is 40.2 Å². The number of amides is 1. The van der Waals surface area contributed by atoms with Crippen molar-refractivity contribution in [3.63, 3.8) is 0 Å². The van der Waals surface area contributed by atoms with Gasteiger partial charge in [-0.05, 0) is 42.1 Å². The van der Waals surface area contributed by atoms with Crippen molar-refractivity contribution in [2.45, 2.75) is 38.1 Å². The lowest BCUT2D eigenvalue weighted by Crippen LogP contribution is -2.22. The van der Waals surface area contributed by atoms with Gasteiger partial charge in [-0.1, -0.05) is 25.3 Å². The summed E-state index contributed by atoms with van der Waals surface area (Å²) in [6, 6.07) is 4.41. The van der Waals surface area contributed by atoms with Crippen molar-refractivity contribution in [3.05, 3.63) is 27.3 Å². The Morgan fingerprint density at radius 1 is 1.32 bits per heavy atom. The van der Waals surface area contributed by atoms with E-state index >= 15 is 0 Å². The molecule has 2 aliphatic rings. The van der Waals surface area contributed by atoms with E-state index in [-0.39, 0.29) is 5.91 Å². The lowest BCUT2D eigenvalue weighted by molar-refractivity contribution is -0.115. The molecule has 0 spiro atoms. The summed E-state index contributed by atoms with van der Waals surface area (Å²) in [5, 5.41) is 5.67. The molecule has 1 aromatic heterocycles. The number of thiophene rings is 1. The molecule has 0 radical (unpaired) electrons. The average molecular weight is 292 g/mol. The number of rotatable bonds is 2. The quantitative estimate of drug-likeness (QED) is 0.846. The van der Waals surface area contributed by atoms with Crippen molar-refractivity contribution in [2.24, 2.45) is 4.99 Å². The van der Waals surface area contributed by atoms with Gasteiger partial charge in [-0.15, -0.1) is 11.3 Å². The normalized spacial score (nSPS) is 25.2. The third kappa shape index (κ3) is 3.28. The molecule has 1 aliphatic carbocycles. The van der Waals surface area contributed by atoms with E-state index in [1.54, 1.807) is 11.3 Å². The zero-order valence-corrected chi connectivity index (χ0v) is 12.2. The van der Waals surface area contributed by atoms with Crippen LogP contribution in [0.1, 0.15) is 37.0 Å². The highest BCUT2D eigenvalue weighted by molar-refractivity contribution is 8.18. The van der Waals surface area contributed by atoms with Gasteiger partial charge in [0.1, 0.15) is 0 Å². The monoisotopic (exact) mass is 292 g/mol. The second-order valence-corrected chi connectivity index (χ2v) is 6.82. The number of hydrogen-bond donors (Lipinski definition) is 1. The van der Waals surface area contributed by atoms with Crippen molar-refractivity contribution in [3.8, 4) is 0 Å². The summed E-state index contributed by atoms with van der Waals surface area (Å²) in [6.45, 7) is 0. The average Bonchev–Trinajstić information content (AvgIpc) is 3.02. The number of amidine groups is 1. The molecular weight excluding hydrogens is 276 g/mol. The molecule has 1 saturated carbocycles. The number of hydrogen-bond acceptors (Lipinski definition) is 4. The van der Waals surface area contributed by atoms with Crippen LogP contribution < -0.4 is 5.32 Å². The molecule has 0 unspecified atom stereocenters. The van der Waals surface area contributed by atoms with Crippen LogP contribution in [0.4, 0.5) is 0 Å². The summed E-state index contributed by atoms with van der Waals surface area (Å²) in [5.41, 5.74) is 0. The van der Waals surface area contributed by atoms with Gasteiger partial charge >= 0.3 is 0 Å². The van der Waals surface area contributed by atoms with Gasteiger partial charge < -0.3 is 5.32 Å². The molecule has 100 valence electrons. The van der Waals surface area contributed by atoms with Gasteiger partial charge in [0.2, 0.25) is 0 Å². The van der Waals surface area contributed by atoms with Gasteiger partial charge in [-0.2, -0.15) is 0 Å². The van der Waals surface area contributed by atoms with E-state index in [9.17, 15) is 4.79 Å². The molecule has 1 aliphatic heterocycles. The van der Waals surface area contributed by atoms with Crippen LogP contribution >= 0.6 is 23.1 Å². The van der Waals surface area contributed by atoms with Crippen molar-refractivity contribution in [1.29, 1.82) is 0 Å². The van der Waals surface area contributed by atoms with Crippen LogP contribution in [0, 0.1) is 0 Å². The van der Waals surface area contributed by atoms with Crippen molar-refractivity contribution < 1.29 is 4.79 Å². The Bertz CT molecular complexity index is 514. The molecule has 1 N–H and O–H groups in total. The van der Waals surface area contributed by atoms with E-state index in [1.165, 1.54) is 31.0 Å². The van der Waals surface area contributed by atoms with Crippen LogP contribution in [0.2, 0.25) is 0 Å². The first-order valence-corrected chi connectivity index (χ1v) is 8.33. The zero-order valence-electron chi connectivity index (χ0n) is 10.6. The van der Waals surface area contributed by atoms with Crippen LogP contribution in [0.25, 0.3) is 6.08 Å². The highest BCUT2D eigenvalue weighted by Crippen LogP contribution is 2.29. The fourth-order valence-corrected chi connectivity index (χ4v) is 3.98. The smallest absolute Gasteiger partial charge is 0.264 e. The highest BCUT2D eigenvalue weighted by Gasteiger charge is 2.25. The van der Waals surface area contributed by atoms with Crippen LogP contribution in [0.3, 0.4) is 0 Å². The maximum absolute atomic E-state index is 11.9. The predicted octanol–water partition coefficient (Wildman–Crippen LogP) is 3.64. The number of nitrogens with zero attached hydrogens (tertiary/aromatic N) is 1. The second kappa shape index (κ2) is 5.92. The topological polar surface area (TPSA) is 41.5 Å². The van der Waals surface area contributed by atoms with Crippen LogP contribution in [0.15, 0.2) is 27.4 Å². The van der Waals surface area contributed by atoms with Gasteiger partial charge in [0.05, 0.1) is 10.9 Å². The summed E-state index contributed by atoms with van der Waals surface area (Å²) in [7, 11) is 0. The Morgan fingerprint density at radius 2 is 2.16 bits per heavy atom. The molecule has 0 bridgehead atoms. The van der Waals surface area contributed by atoms with E-state index in [4.69, 9.17) is 0 Å². The van der Waals surface area contributed by atoms with E-state index in [0.29, 0.717) is 6.04 Å². The minimum absolute atomic E-state index is 0.0204. The van der Waals surface area contributed by atoms with Gasteiger partial charge in [0.25, 0.3) is 5.91 Å². The number of aliphatic imine (C=N–C) groups is 1. The Hall–Kier alpha value is -1.07. The summed E-state index contributed by atoms with van der Waals surface area (Å²) < 4.78 is 0. The fraction of sp³-hybridized carbons (Fsp3) is 0.429. The highest BCUT2D eigenvalue weighted by atomic mass is 32.2. The Balaban J connectivity index is 1.70. The molecule has 0 atom stereocenters. The van der Waals surface area contributed by atoms with Gasteiger partial charge in [0.15, 0.2) is 5.17 Å². The molecule has 0 aromatic carbocycles. The molecule has 2 fully saturated rings. The van der Waals surface area contributed by atoms with Crippen LogP contribution in [-0.4, -0.2) is 17.1 Å². The summed E-state index contributed by atoms with van der Waals surface area (Å²) in [4.78, 5) is 18.4. The van der Waals surface area contributed by atoms with E-state index in [1.807, 2.05) is 23.6 Å². The summed E-state index contributed by atoms with van der Waals surface area (Å²) >= 11 is 3.11. The van der Waals surface area contributed by atoms with Crippen LogP contribution in [-0.2, 0) is 4.79 Å². The molecule has 5 heteroatoms. The third-order valence-electron chi connectivity index (χ3n) is 3.34. The maximum atomic E-state index is 11.9. The fourth-order valence-electron chi connectivity index (χ4n) is 2.37. The Labute approximate surface area is 121 Å². The molecule has 1 amide bonds. The maximum Gasteiger partial charge on any atom is 0.264 e.